The van der Waals surface area contributed by atoms with Crippen LogP contribution in [-0.4, -0.2) is 5.91 Å². The van der Waals surface area contributed by atoms with E-state index in [0.29, 0.717) is 5.92 Å². The Labute approximate surface area is 85.1 Å². The Bertz CT molecular complexity index is 294. The second-order valence-corrected chi connectivity index (χ2v) is 3.68. The minimum Gasteiger partial charge on any atom is -0.369 e. The van der Waals surface area contributed by atoms with Gasteiger partial charge in [-0.05, 0) is 11.5 Å². The molecule has 0 aliphatic heterocycles. The number of amides is 1. The Balaban J connectivity index is 2.95. The van der Waals surface area contributed by atoms with E-state index in [9.17, 15) is 4.79 Å². The number of hydrogen-bond acceptors (Lipinski definition) is 1. The first kappa shape index (κ1) is 10.8. The highest BCUT2D eigenvalue weighted by atomic mass is 16.1. The number of benzene rings is 1. The number of hydrogen-bond donors (Lipinski definition) is 1. The first-order chi connectivity index (χ1) is 6.66. The number of rotatable bonds is 4. The lowest BCUT2D eigenvalue weighted by Gasteiger charge is -2.19. The summed E-state index contributed by atoms with van der Waals surface area (Å²) in [7, 11) is 0. The maximum Gasteiger partial charge on any atom is 0.225 e. The van der Waals surface area contributed by atoms with Gasteiger partial charge in [0.2, 0.25) is 5.91 Å². The van der Waals surface area contributed by atoms with Gasteiger partial charge >= 0.3 is 0 Å². The molecule has 0 radical (unpaired) electrons. The maximum absolute atomic E-state index is 11.3. The second kappa shape index (κ2) is 4.80. The van der Waals surface area contributed by atoms with E-state index in [1.807, 2.05) is 30.3 Å². The minimum atomic E-state index is -0.231. The molecule has 2 N–H and O–H groups in total. The Morgan fingerprint density at radius 2 is 1.93 bits per heavy atom. The Kier molecular flexibility index (Phi) is 3.69. The number of primary amides is 1. The molecule has 1 aromatic carbocycles. The van der Waals surface area contributed by atoms with Crippen molar-refractivity contribution in [2.24, 2.45) is 11.7 Å². The van der Waals surface area contributed by atoms with E-state index < -0.39 is 0 Å². The van der Waals surface area contributed by atoms with Gasteiger partial charge in [0.25, 0.3) is 0 Å². The van der Waals surface area contributed by atoms with Gasteiger partial charge in [-0.2, -0.15) is 0 Å². The minimum absolute atomic E-state index is 0.152. The van der Waals surface area contributed by atoms with Crippen LogP contribution in [0.2, 0.25) is 0 Å². The van der Waals surface area contributed by atoms with Gasteiger partial charge in [0.05, 0.1) is 5.92 Å². The van der Waals surface area contributed by atoms with E-state index >= 15 is 0 Å². The predicted octanol–water partition coefficient (Wildman–Crippen LogP) is 2.30. The van der Waals surface area contributed by atoms with Crippen molar-refractivity contribution in [3.63, 3.8) is 0 Å². The molecule has 76 valence electrons. The molecular formula is C12H17NO. The van der Waals surface area contributed by atoms with Crippen molar-refractivity contribution in [2.45, 2.75) is 26.2 Å². The van der Waals surface area contributed by atoms with Crippen LogP contribution in [0.25, 0.3) is 0 Å². The quantitative estimate of drug-likeness (QED) is 0.779. The molecule has 14 heavy (non-hydrogen) atoms. The topological polar surface area (TPSA) is 43.1 Å². The molecule has 1 rings (SSSR count). The Hall–Kier alpha value is -1.31. The van der Waals surface area contributed by atoms with E-state index in [0.717, 1.165) is 12.0 Å². The molecule has 0 heterocycles. The second-order valence-electron chi connectivity index (χ2n) is 3.68. The summed E-state index contributed by atoms with van der Waals surface area (Å²) in [5.74, 6) is -0.0818. The Morgan fingerprint density at radius 3 is 2.36 bits per heavy atom. The van der Waals surface area contributed by atoms with Crippen molar-refractivity contribution in [2.75, 3.05) is 0 Å². The van der Waals surface area contributed by atoms with Crippen molar-refractivity contribution < 1.29 is 4.79 Å². The van der Waals surface area contributed by atoms with Crippen LogP contribution < -0.4 is 5.73 Å². The van der Waals surface area contributed by atoms with E-state index in [1.165, 1.54) is 0 Å². The van der Waals surface area contributed by atoms with Gasteiger partial charge in [0.15, 0.2) is 0 Å². The van der Waals surface area contributed by atoms with E-state index in [4.69, 9.17) is 5.73 Å². The molecule has 0 aliphatic carbocycles. The summed E-state index contributed by atoms with van der Waals surface area (Å²) >= 11 is 0. The van der Waals surface area contributed by atoms with Crippen LogP contribution in [0.3, 0.4) is 0 Å². The fourth-order valence-electron chi connectivity index (χ4n) is 1.67. The molecule has 0 saturated heterocycles. The van der Waals surface area contributed by atoms with Crippen molar-refractivity contribution >= 4 is 5.91 Å². The highest BCUT2D eigenvalue weighted by Crippen LogP contribution is 2.26. The Morgan fingerprint density at radius 1 is 1.36 bits per heavy atom. The number of carbonyl (C=O) groups excluding carboxylic acids is 1. The monoisotopic (exact) mass is 191 g/mol. The van der Waals surface area contributed by atoms with Crippen LogP contribution in [0.1, 0.15) is 31.7 Å². The zero-order chi connectivity index (χ0) is 10.6. The van der Waals surface area contributed by atoms with Gasteiger partial charge in [-0.15, -0.1) is 0 Å². The maximum atomic E-state index is 11.3. The lowest BCUT2D eigenvalue weighted by molar-refractivity contribution is -0.120. The number of carbonyl (C=O) groups is 1. The highest BCUT2D eigenvalue weighted by Gasteiger charge is 2.22. The van der Waals surface area contributed by atoms with Gasteiger partial charge < -0.3 is 5.73 Å². The van der Waals surface area contributed by atoms with Crippen molar-refractivity contribution in [1.82, 2.24) is 0 Å². The summed E-state index contributed by atoms with van der Waals surface area (Å²) < 4.78 is 0. The van der Waals surface area contributed by atoms with Gasteiger partial charge in [-0.3, -0.25) is 4.79 Å². The van der Waals surface area contributed by atoms with Crippen molar-refractivity contribution in [1.29, 1.82) is 0 Å². The standard InChI is InChI=1S/C12H17NO/c1-3-9(2)11(12(13)14)10-7-5-4-6-8-10/h4-9,11H,3H2,1-2H3,(H2,13,14). The third-order valence-electron chi connectivity index (χ3n) is 2.68. The van der Waals surface area contributed by atoms with Crippen LogP contribution in [0.15, 0.2) is 30.3 Å². The molecule has 2 heteroatoms. The zero-order valence-electron chi connectivity index (χ0n) is 8.73. The molecular weight excluding hydrogens is 174 g/mol. The van der Waals surface area contributed by atoms with Gasteiger partial charge in [-0.25, -0.2) is 0 Å². The van der Waals surface area contributed by atoms with E-state index in [2.05, 4.69) is 13.8 Å². The largest absolute Gasteiger partial charge is 0.369 e. The van der Waals surface area contributed by atoms with Gasteiger partial charge in [0, 0.05) is 0 Å². The molecule has 0 fully saturated rings. The van der Waals surface area contributed by atoms with Crippen LogP contribution in [0, 0.1) is 5.92 Å². The van der Waals surface area contributed by atoms with Crippen LogP contribution in [-0.2, 0) is 4.79 Å². The lowest BCUT2D eigenvalue weighted by atomic mass is 9.85. The smallest absolute Gasteiger partial charge is 0.225 e. The molecule has 1 aromatic rings. The summed E-state index contributed by atoms with van der Waals surface area (Å²) in [6.07, 6.45) is 0.961. The zero-order valence-corrected chi connectivity index (χ0v) is 8.73. The van der Waals surface area contributed by atoms with Crippen LogP contribution >= 0.6 is 0 Å². The van der Waals surface area contributed by atoms with Crippen LogP contribution in [0.4, 0.5) is 0 Å². The predicted molar refractivity (Wildman–Crippen MR) is 57.8 cm³/mol. The normalized spacial score (nSPS) is 14.7. The molecule has 0 aliphatic rings. The molecule has 2 nitrogen and oxygen atoms in total. The summed E-state index contributed by atoms with van der Waals surface area (Å²) in [5.41, 5.74) is 6.43. The van der Waals surface area contributed by atoms with Crippen LogP contribution in [0.5, 0.6) is 0 Å². The first-order valence-corrected chi connectivity index (χ1v) is 5.01. The number of nitrogens with two attached hydrogens (primary N) is 1. The highest BCUT2D eigenvalue weighted by molar-refractivity contribution is 5.82. The van der Waals surface area contributed by atoms with Gasteiger partial charge in [-0.1, -0.05) is 50.6 Å². The summed E-state index contributed by atoms with van der Waals surface area (Å²) in [5, 5.41) is 0. The van der Waals surface area contributed by atoms with E-state index in [-0.39, 0.29) is 11.8 Å². The summed E-state index contributed by atoms with van der Waals surface area (Å²) in [6, 6.07) is 9.74. The average Bonchev–Trinajstić information content (AvgIpc) is 2.19. The SMILES string of the molecule is CCC(C)C(C(N)=O)c1ccccc1. The average molecular weight is 191 g/mol. The van der Waals surface area contributed by atoms with E-state index in [1.54, 1.807) is 0 Å². The molecule has 2 atom stereocenters. The molecule has 2 unspecified atom stereocenters. The molecule has 0 bridgehead atoms. The fourth-order valence-corrected chi connectivity index (χ4v) is 1.67. The third-order valence-corrected chi connectivity index (χ3v) is 2.68. The molecule has 0 saturated carbocycles. The van der Waals surface area contributed by atoms with Crippen molar-refractivity contribution in [3.8, 4) is 0 Å². The fraction of sp³-hybridized carbons (Fsp3) is 0.417. The molecule has 0 spiro atoms. The van der Waals surface area contributed by atoms with Crippen molar-refractivity contribution in [3.05, 3.63) is 35.9 Å². The lowest BCUT2D eigenvalue weighted by Crippen LogP contribution is -2.26. The summed E-state index contributed by atoms with van der Waals surface area (Å²) in [4.78, 5) is 11.3. The first-order valence-electron chi connectivity index (χ1n) is 5.01. The summed E-state index contributed by atoms with van der Waals surface area (Å²) in [6.45, 7) is 4.13. The molecule has 1 amide bonds. The van der Waals surface area contributed by atoms with Gasteiger partial charge in [0.1, 0.15) is 0 Å². The third kappa shape index (κ3) is 2.34. The molecule has 0 aromatic heterocycles.